The lowest BCUT2D eigenvalue weighted by molar-refractivity contribution is 0.436. The molecule has 0 saturated carbocycles. The smallest absolute Gasteiger partial charge is 0.160 e. The Hall–Kier alpha value is -6.26. The van der Waals surface area contributed by atoms with Gasteiger partial charge in [-0.2, -0.15) is 0 Å². The van der Waals surface area contributed by atoms with Crippen molar-refractivity contribution < 1.29 is 9.15 Å². The second kappa shape index (κ2) is 9.87. The maximum atomic E-state index is 6.57. The largest absolute Gasteiger partial charge is 0.464 e. The normalized spacial score (nSPS) is 13.4. The highest BCUT2D eigenvalue weighted by atomic mass is 16.5. The van der Waals surface area contributed by atoms with Crippen LogP contribution in [0.1, 0.15) is 22.3 Å². The van der Waals surface area contributed by atoms with Crippen LogP contribution in [-0.2, 0) is 5.41 Å². The summed E-state index contributed by atoms with van der Waals surface area (Å²) in [6.45, 7) is 0. The SMILES string of the molecule is c1ccc(-c2cc(-c3cc4c(c5occc35)-c3ccccc3C43c4ccccc4Oc4ccccc43)nc(-c3ccccc3)n2)cc1. The van der Waals surface area contributed by atoms with Crippen molar-refractivity contribution in [2.24, 2.45) is 0 Å². The van der Waals surface area contributed by atoms with Crippen LogP contribution in [0.2, 0.25) is 0 Å². The van der Waals surface area contributed by atoms with E-state index >= 15 is 0 Å². The van der Waals surface area contributed by atoms with Crippen LogP contribution < -0.4 is 4.74 Å². The van der Waals surface area contributed by atoms with Gasteiger partial charge in [-0.15, -0.1) is 0 Å². The van der Waals surface area contributed by atoms with Crippen molar-refractivity contribution in [3.8, 4) is 56.5 Å². The minimum atomic E-state index is -0.620. The number of fused-ring (bicyclic) bond motifs is 11. The summed E-state index contributed by atoms with van der Waals surface area (Å²) >= 11 is 0. The molecule has 0 amide bonds. The van der Waals surface area contributed by atoms with Gasteiger partial charge < -0.3 is 9.15 Å². The molecule has 1 aliphatic carbocycles. The summed E-state index contributed by atoms with van der Waals surface area (Å²) in [7, 11) is 0. The zero-order valence-electron chi connectivity index (χ0n) is 25.2. The van der Waals surface area contributed by atoms with E-state index < -0.39 is 5.41 Å². The van der Waals surface area contributed by atoms with Crippen LogP contribution in [0, 0.1) is 0 Å². The number of hydrogen-bond donors (Lipinski definition) is 0. The molecule has 0 bridgehead atoms. The Labute approximate surface area is 271 Å². The van der Waals surface area contributed by atoms with E-state index in [-0.39, 0.29) is 0 Å². The van der Waals surface area contributed by atoms with Gasteiger partial charge in [0.05, 0.1) is 23.1 Å². The van der Waals surface area contributed by atoms with Crippen LogP contribution >= 0.6 is 0 Å². The molecule has 0 unspecified atom stereocenters. The van der Waals surface area contributed by atoms with Gasteiger partial charge in [-0.05, 0) is 47.0 Å². The van der Waals surface area contributed by atoms with Crippen LogP contribution in [0.3, 0.4) is 0 Å². The Morgan fingerprint density at radius 1 is 0.468 bits per heavy atom. The minimum absolute atomic E-state index is 0.620. The van der Waals surface area contributed by atoms with Gasteiger partial charge in [-0.1, -0.05) is 121 Å². The van der Waals surface area contributed by atoms with Crippen molar-refractivity contribution in [3.63, 3.8) is 0 Å². The van der Waals surface area contributed by atoms with E-state index in [1.54, 1.807) is 6.26 Å². The lowest BCUT2D eigenvalue weighted by Gasteiger charge is -2.39. The van der Waals surface area contributed by atoms with Gasteiger partial charge in [0.1, 0.15) is 17.1 Å². The topological polar surface area (TPSA) is 48.2 Å². The molecular formula is C43H26N2O2. The molecular weight excluding hydrogens is 576 g/mol. The van der Waals surface area contributed by atoms with E-state index in [0.717, 1.165) is 78.4 Å². The summed E-state index contributed by atoms with van der Waals surface area (Å²) in [6.07, 6.45) is 1.80. The molecule has 0 fully saturated rings. The van der Waals surface area contributed by atoms with Gasteiger partial charge in [0, 0.05) is 38.8 Å². The molecule has 2 aromatic heterocycles. The predicted octanol–water partition coefficient (Wildman–Crippen LogP) is 10.7. The molecule has 4 heteroatoms. The summed E-state index contributed by atoms with van der Waals surface area (Å²) < 4.78 is 13.0. The summed E-state index contributed by atoms with van der Waals surface area (Å²) in [5.74, 6) is 2.39. The molecule has 47 heavy (non-hydrogen) atoms. The van der Waals surface area contributed by atoms with Crippen LogP contribution in [0.5, 0.6) is 11.5 Å². The minimum Gasteiger partial charge on any atom is -0.464 e. The first-order chi connectivity index (χ1) is 23.3. The summed E-state index contributed by atoms with van der Waals surface area (Å²) in [5.41, 5.74) is 11.8. The molecule has 0 atom stereocenters. The third-order valence-electron chi connectivity index (χ3n) is 9.65. The van der Waals surface area contributed by atoms with Gasteiger partial charge in [0.25, 0.3) is 0 Å². The fourth-order valence-corrected chi connectivity index (χ4v) is 7.71. The number of rotatable bonds is 3. The summed E-state index contributed by atoms with van der Waals surface area (Å²) in [6, 6.07) is 52.6. The van der Waals surface area contributed by atoms with Gasteiger partial charge >= 0.3 is 0 Å². The van der Waals surface area contributed by atoms with Crippen LogP contribution in [0.25, 0.3) is 56.0 Å². The molecule has 220 valence electrons. The molecule has 0 radical (unpaired) electrons. The molecule has 4 nitrogen and oxygen atoms in total. The quantitative estimate of drug-likeness (QED) is 0.202. The van der Waals surface area contributed by atoms with Crippen molar-refractivity contribution in [1.29, 1.82) is 0 Å². The third-order valence-corrected chi connectivity index (χ3v) is 9.65. The number of hydrogen-bond acceptors (Lipinski definition) is 4. The van der Waals surface area contributed by atoms with E-state index in [2.05, 4.69) is 103 Å². The van der Waals surface area contributed by atoms with Crippen molar-refractivity contribution in [1.82, 2.24) is 9.97 Å². The monoisotopic (exact) mass is 602 g/mol. The molecule has 0 N–H and O–H groups in total. The highest BCUT2D eigenvalue weighted by Gasteiger charge is 2.52. The van der Waals surface area contributed by atoms with Gasteiger partial charge in [0.15, 0.2) is 5.82 Å². The van der Waals surface area contributed by atoms with Crippen molar-refractivity contribution in [2.75, 3.05) is 0 Å². The zero-order valence-corrected chi connectivity index (χ0v) is 25.2. The Balaban J connectivity index is 1.33. The molecule has 8 aromatic rings. The lowest BCUT2D eigenvalue weighted by Crippen LogP contribution is -2.32. The fourth-order valence-electron chi connectivity index (χ4n) is 7.71. The summed E-state index contributed by atoms with van der Waals surface area (Å²) in [5, 5.41) is 1.01. The Morgan fingerprint density at radius 2 is 1.06 bits per heavy atom. The number of benzene rings is 6. The second-order valence-electron chi connectivity index (χ2n) is 12.1. The first kappa shape index (κ1) is 26.0. The number of furan rings is 1. The van der Waals surface area contributed by atoms with Crippen LogP contribution in [0.4, 0.5) is 0 Å². The van der Waals surface area contributed by atoms with Crippen molar-refractivity contribution in [2.45, 2.75) is 5.41 Å². The Bertz CT molecular complexity index is 2400. The zero-order chi connectivity index (χ0) is 31.0. The van der Waals surface area contributed by atoms with E-state index in [4.69, 9.17) is 19.1 Å². The van der Waals surface area contributed by atoms with Crippen molar-refractivity contribution >= 4 is 11.0 Å². The molecule has 1 spiro atoms. The van der Waals surface area contributed by atoms with E-state index in [0.29, 0.717) is 5.82 Å². The van der Waals surface area contributed by atoms with Crippen LogP contribution in [0.15, 0.2) is 162 Å². The molecule has 6 aromatic carbocycles. The molecule has 3 heterocycles. The standard InChI is InChI=1S/C43H26N2O2/c1-3-13-27(14-4-1)36-26-37(45-42(44-36)28-15-5-2-6-16-28)31-25-35-40(41-29(31)23-24-46-41)30-17-7-8-18-32(30)43(35)33-19-9-11-21-38(33)47-39-22-12-10-20-34(39)43/h1-26H. The average Bonchev–Trinajstić information content (AvgIpc) is 3.74. The molecule has 0 saturated heterocycles. The highest BCUT2D eigenvalue weighted by molar-refractivity contribution is 6.07. The maximum Gasteiger partial charge on any atom is 0.160 e. The maximum absolute atomic E-state index is 6.57. The fraction of sp³-hybridized carbons (Fsp3) is 0.0233. The number of aromatic nitrogens is 2. The molecule has 2 aliphatic rings. The second-order valence-corrected chi connectivity index (χ2v) is 12.1. The van der Waals surface area contributed by atoms with E-state index in [1.807, 2.05) is 48.5 Å². The third kappa shape index (κ3) is 3.64. The average molecular weight is 603 g/mol. The van der Waals surface area contributed by atoms with Gasteiger partial charge in [-0.3, -0.25) is 0 Å². The number of para-hydroxylation sites is 2. The van der Waals surface area contributed by atoms with Crippen LogP contribution in [-0.4, -0.2) is 9.97 Å². The highest BCUT2D eigenvalue weighted by Crippen LogP contribution is 2.63. The van der Waals surface area contributed by atoms with E-state index in [9.17, 15) is 0 Å². The van der Waals surface area contributed by atoms with Gasteiger partial charge in [0.2, 0.25) is 0 Å². The lowest BCUT2D eigenvalue weighted by atomic mass is 9.66. The number of ether oxygens (including phenoxy) is 1. The van der Waals surface area contributed by atoms with Crippen molar-refractivity contribution in [3.05, 3.63) is 180 Å². The predicted molar refractivity (Wildman–Crippen MR) is 185 cm³/mol. The molecule has 1 aliphatic heterocycles. The first-order valence-corrected chi connectivity index (χ1v) is 15.8. The number of nitrogens with zero attached hydrogens (tertiary/aromatic N) is 2. The van der Waals surface area contributed by atoms with E-state index in [1.165, 1.54) is 5.56 Å². The molecule has 10 rings (SSSR count). The first-order valence-electron chi connectivity index (χ1n) is 15.8. The van der Waals surface area contributed by atoms with Gasteiger partial charge in [-0.25, -0.2) is 9.97 Å². The Morgan fingerprint density at radius 3 is 1.79 bits per heavy atom. The summed E-state index contributed by atoms with van der Waals surface area (Å²) in [4.78, 5) is 10.3. The Kier molecular flexibility index (Phi) is 5.46.